The highest BCUT2D eigenvalue weighted by atomic mass is 32.1. The van der Waals surface area contributed by atoms with Gasteiger partial charge in [-0.05, 0) is 12.5 Å². The molecule has 0 saturated carbocycles. The molecule has 2 atom stereocenters. The molecule has 18 heavy (non-hydrogen) atoms. The molecule has 7 heteroatoms. The summed E-state index contributed by atoms with van der Waals surface area (Å²) in [4.78, 5) is 4.61. The Labute approximate surface area is 110 Å². The van der Waals surface area contributed by atoms with Crippen LogP contribution < -0.4 is 11.1 Å². The van der Waals surface area contributed by atoms with Crippen molar-refractivity contribution in [2.45, 2.75) is 18.8 Å². The number of halogens is 1. The number of nitrogens with one attached hydrogen (secondary N) is 1. The fourth-order valence-electron chi connectivity index (χ4n) is 1.66. The van der Waals surface area contributed by atoms with E-state index in [1.54, 1.807) is 6.08 Å². The number of allylic oxidation sites excluding steroid dienone is 1. The van der Waals surface area contributed by atoms with Crippen molar-refractivity contribution >= 4 is 19.0 Å². The maximum Gasteiger partial charge on any atom is 0.212 e. The van der Waals surface area contributed by atoms with Crippen LogP contribution in [0.5, 0.6) is 0 Å². The first-order valence-corrected chi connectivity index (χ1v) is 5.80. The molecule has 0 radical (unpaired) electrons. The van der Waals surface area contributed by atoms with Gasteiger partial charge < -0.3 is 20.5 Å². The van der Waals surface area contributed by atoms with Crippen molar-refractivity contribution in [1.82, 2.24) is 5.32 Å². The molecule has 0 fully saturated rings. The van der Waals surface area contributed by atoms with Gasteiger partial charge in [-0.2, -0.15) is 0 Å². The average Bonchev–Trinajstić information content (AvgIpc) is 2.33. The molecule has 3 N–H and O–H groups in total. The largest absolute Gasteiger partial charge is 0.493 e. The minimum atomic E-state index is -0.740. The molecule has 2 unspecified atom stereocenters. The minimum Gasteiger partial charge on any atom is -0.493 e. The highest BCUT2D eigenvalue weighted by molar-refractivity contribution is 7.84. The van der Waals surface area contributed by atoms with E-state index >= 15 is 0 Å². The maximum atomic E-state index is 13.7. The van der Waals surface area contributed by atoms with Crippen molar-refractivity contribution in [3.8, 4) is 0 Å². The summed E-state index contributed by atoms with van der Waals surface area (Å²) in [6, 6.07) is 0. The Morgan fingerprint density at radius 1 is 1.61 bits per heavy atom. The summed E-state index contributed by atoms with van der Waals surface area (Å²) in [7, 11) is 1.46. The highest BCUT2D eigenvalue weighted by Gasteiger charge is 2.27. The number of thiol groups is 1. The Bertz CT molecular complexity index is 459. The third-order valence-corrected chi connectivity index (χ3v) is 2.88. The van der Waals surface area contributed by atoms with Gasteiger partial charge >= 0.3 is 0 Å². The Morgan fingerprint density at radius 3 is 3.06 bits per heavy atom. The fraction of sp³-hybridized carbons (Fsp3) is 0.364. The van der Waals surface area contributed by atoms with Gasteiger partial charge in [0.2, 0.25) is 6.23 Å². The van der Waals surface area contributed by atoms with E-state index in [0.29, 0.717) is 22.9 Å². The summed E-state index contributed by atoms with van der Waals surface area (Å²) in [5.41, 5.74) is 5.68. The van der Waals surface area contributed by atoms with E-state index in [2.05, 4.69) is 22.9 Å². The van der Waals surface area contributed by atoms with E-state index in [1.807, 2.05) is 0 Å². The lowest BCUT2D eigenvalue weighted by Crippen LogP contribution is -2.34. The Balaban J connectivity index is 2.08. The van der Waals surface area contributed by atoms with Crippen LogP contribution in [0.3, 0.4) is 0 Å². The summed E-state index contributed by atoms with van der Waals surface area (Å²) in [5.74, 6) is 0.263. The lowest BCUT2D eigenvalue weighted by atomic mass is 10.1. The Hall–Kier alpha value is -1.47. The van der Waals surface area contributed by atoms with Crippen LogP contribution in [0.1, 0.15) is 6.42 Å². The maximum absolute atomic E-state index is 13.7. The third-order valence-electron chi connectivity index (χ3n) is 2.57. The van der Waals surface area contributed by atoms with Crippen LogP contribution in [-0.2, 0) is 9.47 Å². The predicted molar refractivity (Wildman–Crippen MR) is 69.4 cm³/mol. The van der Waals surface area contributed by atoms with Gasteiger partial charge in [-0.15, -0.1) is 12.6 Å². The van der Waals surface area contributed by atoms with Crippen LogP contribution in [0.2, 0.25) is 0 Å². The second-order valence-electron chi connectivity index (χ2n) is 3.78. The molecule has 1 aliphatic carbocycles. The number of nitrogens with two attached hydrogens (primary N) is 1. The number of hydrogen-bond acceptors (Lipinski definition) is 6. The van der Waals surface area contributed by atoms with Crippen LogP contribution >= 0.6 is 12.6 Å². The Kier molecular flexibility index (Phi) is 3.93. The summed E-state index contributed by atoms with van der Waals surface area (Å²) < 4.78 is 24.3. The second-order valence-corrected chi connectivity index (χ2v) is 4.29. The number of ether oxygens (including phenoxy) is 2. The molecule has 2 aliphatic rings. The van der Waals surface area contributed by atoms with Crippen LogP contribution in [0.15, 0.2) is 39.5 Å². The van der Waals surface area contributed by atoms with Crippen LogP contribution in [0, 0.1) is 0 Å². The molecule has 0 amide bonds. The van der Waals surface area contributed by atoms with Gasteiger partial charge in [-0.3, -0.25) is 0 Å². The molecule has 5 nitrogen and oxygen atoms in total. The number of nitrogens with zero attached hydrogens (tertiary/aromatic N) is 1. The van der Waals surface area contributed by atoms with E-state index in [1.165, 1.54) is 19.5 Å². The highest BCUT2D eigenvalue weighted by Crippen LogP contribution is 2.26. The molecule has 0 saturated heterocycles. The molecular formula is C11H14FN3O2S. The van der Waals surface area contributed by atoms with E-state index in [-0.39, 0.29) is 5.83 Å². The van der Waals surface area contributed by atoms with Gasteiger partial charge in [-0.1, -0.05) is 6.08 Å². The van der Waals surface area contributed by atoms with Gasteiger partial charge in [0.15, 0.2) is 5.76 Å². The van der Waals surface area contributed by atoms with Gasteiger partial charge in [0.05, 0.1) is 13.4 Å². The summed E-state index contributed by atoms with van der Waals surface area (Å²) >= 11 is 4.07. The molecule has 0 aromatic heterocycles. The van der Waals surface area contributed by atoms with Crippen molar-refractivity contribution in [3.05, 3.63) is 34.5 Å². The zero-order chi connectivity index (χ0) is 13.1. The number of rotatable bonds is 3. The molecule has 2 rings (SSSR count). The quantitative estimate of drug-likeness (QED) is 0.674. The summed E-state index contributed by atoms with van der Waals surface area (Å²) in [5, 5.41) is 2.70. The SMILES string of the molecule is COC1=C(N)NC=NC1OC1CC=C(S)C=C1F. The van der Waals surface area contributed by atoms with E-state index in [0.717, 1.165) is 0 Å². The lowest BCUT2D eigenvalue weighted by molar-refractivity contribution is -0.00639. The number of hydrogen-bond donors (Lipinski definition) is 3. The minimum absolute atomic E-state index is 0.308. The van der Waals surface area contributed by atoms with Gasteiger partial charge in [0.1, 0.15) is 17.8 Å². The van der Waals surface area contributed by atoms with Crippen LogP contribution in [0.4, 0.5) is 4.39 Å². The van der Waals surface area contributed by atoms with Crippen molar-refractivity contribution < 1.29 is 13.9 Å². The number of methoxy groups -OCH3 is 1. The van der Waals surface area contributed by atoms with Crippen molar-refractivity contribution in [2.75, 3.05) is 7.11 Å². The first-order chi connectivity index (χ1) is 8.61. The Morgan fingerprint density at radius 2 is 2.39 bits per heavy atom. The van der Waals surface area contributed by atoms with E-state index in [4.69, 9.17) is 15.2 Å². The molecule has 1 aliphatic heterocycles. The first kappa shape index (κ1) is 13.0. The summed E-state index contributed by atoms with van der Waals surface area (Å²) in [6.45, 7) is 0. The second kappa shape index (κ2) is 5.45. The predicted octanol–water partition coefficient (Wildman–Crippen LogP) is 1.17. The zero-order valence-electron chi connectivity index (χ0n) is 9.76. The van der Waals surface area contributed by atoms with Gasteiger partial charge in [0.25, 0.3) is 0 Å². The smallest absolute Gasteiger partial charge is 0.212 e. The molecule has 98 valence electrons. The first-order valence-electron chi connectivity index (χ1n) is 5.35. The molecule has 0 bridgehead atoms. The van der Waals surface area contributed by atoms with Gasteiger partial charge in [0, 0.05) is 4.91 Å². The monoisotopic (exact) mass is 271 g/mol. The van der Waals surface area contributed by atoms with Crippen LogP contribution in [0.25, 0.3) is 0 Å². The van der Waals surface area contributed by atoms with Crippen LogP contribution in [-0.4, -0.2) is 25.8 Å². The average molecular weight is 271 g/mol. The van der Waals surface area contributed by atoms with E-state index < -0.39 is 12.3 Å². The van der Waals surface area contributed by atoms with Crippen molar-refractivity contribution in [1.29, 1.82) is 0 Å². The molecule has 0 aromatic carbocycles. The zero-order valence-corrected chi connectivity index (χ0v) is 10.7. The topological polar surface area (TPSA) is 68.9 Å². The normalized spacial score (nSPS) is 27.5. The third kappa shape index (κ3) is 2.68. The van der Waals surface area contributed by atoms with E-state index in [9.17, 15) is 4.39 Å². The molecule has 0 spiro atoms. The molecular weight excluding hydrogens is 257 g/mol. The molecule has 0 aromatic rings. The lowest BCUT2D eigenvalue weighted by Gasteiger charge is -2.26. The summed E-state index contributed by atoms with van der Waals surface area (Å²) in [6.07, 6.45) is 3.46. The fourth-order valence-corrected chi connectivity index (χ4v) is 1.89. The number of aliphatic imine (C=N–C) groups is 1. The van der Waals surface area contributed by atoms with Gasteiger partial charge in [-0.25, -0.2) is 9.38 Å². The molecule has 1 heterocycles. The van der Waals surface area contributed by atoms with Crippen molar-refractivity contribution in [3.63, 3.8) is 0 Å². The van der Waals surface area contributed by atoms with Crippen molar-refractivity contribution in [2.24, 2.45) is 10.7 Å². The standard InChI is InChI=1S/C11H14FN3O2S/c1-16-9-10(13)14-5-15-11(9)17-8-3-2-6(18)4-7(8)12/h2,4-5,8,11,18H,3,13H2,1H3,(H,14,15).